The molecule has 0 radical (unpaired) electrons. The van der Waals surface area contributed by atoms with Crippen molar-refractivity contribution in [3.63, 3.8) is 0 Å². The lowest BCUT2D eigenvalue weighted by atomic mass is 10.1. The molecule has 2 aliphatic rings. The van der Waals surface area contributed by atoms with Gasteiger partial charge in [0.1, 0.15) is 0 Å². The van der Waals surface area contributed by atoms with Gasteiger partial charge in [0.2, 0.25) is 0 Å². The number of para-hydroxylation sites is 1. The summed E-state index contributed by atoms with van der Waals surface area (Å²) in [4.78, 5) is 4.90. The van der Waals surface area contributed by atoms with Gasteiger partial charge in [-0.15, -0.1) is 0 Å². The minimum atomic E-state index is 0.270. The van der Waals surface area contributed by atoms with Gasteiger partial charge in [-0.05, 0) is 29.7 Å². The minimum absolute atomic E-state index is 0.270. The third-order valence-corrected chi connectivity index (χ3v) is 7.04. The molecule has 0 bridgehead atoms. The second-order valence-corrected chi connectivity index (χ2v) is 8.61. The molecule has 26 heavy (non-hydrogen) atoms. The number of hydrogen-bond acceptors (Lipinski definition) is 4. The summed E-state index contributed by atoms with van der Waals surface area (Å²) >= 11 is 3.70. The molecule has 0 amide bonds. The molecule has 0 spiro atoms. The molecule has 128 valence electrons. The SMILES string of the molecule is CN1C(=CC=CC2Nc3c(ccc4ccccc34)S2)Sc2ccccc21. The summed E-state index contributed by atoms with van der Waals surface area (Å²) in [6.07, 6.45) is 6.61. The van der Waals surface area contributed by atoms with Crippen LogP contribution in [0.15, 0.2) is 93.7 Å². The second kappa shape index (κ2) is 6.45. The van der Waals surface area contributed by atoms with Gasteiger partial charge in [-0.2, -0.15) is 0 Å². The zero-order valence-corrected chi connectivity index (χ0v) is 16.0. The first-order valence-corrected chi connectivity index (χ1v) is 10.3. The molecule has 0 fully saturated rings. The van der Waals surface area contributed by atoms with Crippen LogP contribution in [0.1, 0.15) is 0 Å². The van der Waals surface area contributed by atoms with Crippen LogP contribution in [0.25, 0.3) is 10.8 Å². The van der Waals surface area contributed by atoms with Crippen molar-refractivity contribution in [2.75, 3.05) is 17.3 Å². The first-order valence-electron chi connectivity index (χ1n) is 8.64. The van der Waals surface area contributed by atoms with E-state index in [0.29, 0.717) is 0 Å². The first kappa shape index (κ1) is 15.9. The second-order valence-electron chi connectivity index (χ2n) is 6.36. The number of fused-ring (bicyclic) bond motifs is 4. The summed E-state index contributed by atoms with van der Waals surface area (Å²) < 4.78 is 0. The average molecular weight is 375 g/mol. The number of thioether (sulfide) groups is 2. The Morgan fingerprint density at radius 3 is 2.73 bits per heavy atom. The Balaban J connectivity index is 1.34. The van der Waals surface area contributed by atoms with Gasteiger partial charge in [-0.1, -0.05) is 78.1 Å². The van der Waals surface area contributed by atoms with Crippen molar-refractivity contribution >= 4 is 45.7 Å². The van der Waals surface area contributed by atoms with Crippen LogP contribution in [0.3, 0.4) is 0 Å². The van der Waals surface area contributed by atoms with E-state index in [4.69, 9.17) is 0 Å². The Kier molecular flexibility index (Phi) is 3.95. The van der Waals surface area contributed by atoms with E-state index >= 15 is 0 Å². The monoisotopic (exact) mass is 374 g/mol. The fourth-order valence-corrected chi connectivity index (χ4v) is 5.52. The average Bonchev–Trinajstić information content (AvgIpc) is 3.23. The lowest BCUT2D eigenvalue weighted by Gasteiger charge is -2.12. The van der Waals surface area contributed by atoms with Crippen LogP contribution in [0.2, 0.25) is 0 Å². The molecule has 2 heterocycles. The van der Waals surface area contributed by atoms with Crippen molar-refractivity contribution in [2.24, 2.45) is 0 Å². The first-order chi connectivity index (χ1) is 12.8. The normalized spacial score (nSPS) is 20.0. The van der Waals surface area contributed by atoms with Gasteiger partial charge in [-0.25, -0.2) is 0 Å². The maximum atomic E-state index is 3.66. The molecule has 1 N–H and O–H groups in total. The van der Waals surface area contributed by atoms with Gasteiger partial charge in [0.25, 0.3) is 0 Å². The highest BCUT2D eigenvalue weighted by Crippen LogP contribution is 2.45. The topological polar surface area (TPSA) is 15.3 Å². The molecule has 0 aromatic heterocycles. The summed E-state index contributed by atoms with van der Waals surface area (Å²) in [6, 6.07) is 21.5. The molecule has 0 saturated heterocycles. The lowest BCUT2D eigenvalue weighted by Crippen LogP contribution is -2.09. The predicted octanol–water partition coefficient (Wildman–Crippen LogP) is 6.32. The Morgan fingerprint density at radius 1 is 0.962 bits per heavy atom. The molecule has 3 aromatic carbocycles. The molecule has 0 saturated carbocycles. The summed E-state index contributed by atoms with van der Waals surface area (Å²) in [7, 11) is 2.13. The number of hydrogen-bond donors (Lipinski definition) is 1. The standard InChI is InChI=1S/C22H18N2S2/c1-24-17-9-4-5-10-18(17)26-21(24)12-6-11-20-23-22-16-8-3-2-7-15(16)13-14-19(22)25-20/h2-14,20,23H,1H3. The van der Waals surface area contributed by atoms with Gasteiger partial charge in [-0.3, -0.25) is 0 Å². The quantitative estimate of drug-likeness (QED) is 0.564. The van der Waals surface area contributed by atoms with Crippen molar-refractivity contribution in [3.05, 3.63) is 83.9 Å². The third kappa shape index (κ3) is 2.70. The van der Waals surface area contributed by atoms with Crippen LogP contribution in [-0.4, -0.2) is 12.4 Å². The molecular formula is C22H18N2S2. The van der Waals surface area contributed by atoms with Crippen LogP contribution in [0, 0.1) is 0 Å². The number of benzene rings is 3. The van der Waals surface area contributed by atoms with E-state index in [9.17, 15) is 0 Å². The number of rotatable bonds is 2. The van der Waals surface area contributed by atoms with E-state index in [2.05, 4.69) is 96.2 Å². The summed E-state index contributed by atoms with van der Waals surface area (Å²) in [5.41, 5.74) is 2.54. The van der Waals surface area contributed by atoms with E-state index < -0.39 is 0 Å². The lowest BCUT2D eigenvalue weighted by molar-refractivity contribution is 1.17. The Bertz CT molecular complexity index is 1050. The maximum Gasteiger partial charge on any atom is 0.0960 e. The molecule has 2 nitrogen and oxygen atoms in total. The van der Waals surface area contributed by atoms with Crippen LogP contribution < -0.4 is 10.2 Å². The third-order valence-electron chi connectivity index (χ3n) is 4.73. The van der Waals surface area contributed by atoms with Gasteiger partial charge < -0.3 is 10.2 Å². The van der Waals surface area contributed by atoms with Crippen LogP contribution in [0.5, 0.6) is 0 Å². The Hall–Kier alpha value is -2.30. The highest BCUT2D eigenvalue weighted by Gasteiger charge is 2.22. The van der Waals surface area contributed by atoms with E-state index in [0.717, 1.165) is 0 Å². The van der Waals surface area contributed by atoms with E-state index in [1.54, 1.807) is 0 Å². The molecule has 1 unspecified atom stereocenters. The van der Waals surface area contributed by atoms with Crippen LogP contribution >= 0.6 is 23.5 Å². The van der Waals surface area contributed by atoms with E-state index in [1.165, 1.54) is 37.0 Å². The zero-order valence-electron chi connectivity index (χ0n) is 14.3. The smallest absolute Gasteiger partial charge is 0.0960 e. The van der Waals surface area contributed by atoms with Crippen molar-refractivity contribution in [1.82, 2.24) is 0 Å². The largest absolute Gasteiger partial charge is 0.368 e. The van der Waals surface area contributed by atoms with E-state index in [-0.39, 0.29) is 5.37 Å². The Morgan fingerprint density at radius 2 is 1.81 bits per heavy atom. The molecule has 5 rings (SSSR count). The van der Waals surface area contributed by atoms with Crippen molar-refractivity contribution in [1.29, 1.82) is 0 Å². The molecule has 4 heteroatoms. The van der Waals surface area contributed by atoms with Crippen molar-refractivity contribution in [2.45, 2.75) is 15.2 Å². The van der Waals surface area contributed by atoms with Gasteiger partial charge in [0, 0.05) is 22.2 Å². The highest BCUT2D eigenvalue weighted by atomic mass is 32.2. The van der Waals surface area contributed by atoms with E-state index in [1.807, 2.05) is 23.5 Å². The van der Waals surface area contributed by atoms with Gasteiger partial charge in [0.05, 0.1) is 21.8 Å². The molecular weight excluding hydrogens is 356 g/mol. The van der Waals surface area contributed by atoms with Crippen molar-refractivity contribution in [3.8, 4) is 0 Å². The molecule has 3 aromatic rings. The Labute approximate surface area is 162 Å². The van der Waals surface area contributed by atoms with Crippen LogP contribution in [-0.2, 0) is 0 Å². The molecule has 2 aliphatic heterocycles. The van der Waals surface area contributed by atoms with Gasteiger partial charge >= 0.3 is 0 Å². The van der Waals surface area contributed by atoms with Gasteiger partial charge in [0.15, 0.2) is 0 Å². The summed E-state index contributed by atoms with van der Waals surface area (Å²) in [5, 5.41) is 7.77. The molecule has 1 atom stereocenters. The number of nitrogens with one attached hydrogen (secondary N) is 1. The van der Waals surface area contributed by atoms with Crippen molar-refractivity contribution < 1.29 is 0 Å². The maximum absolute atomic E-state index is 3.66. The number of anilines is 2. The number of allylic oxidation sites excluding steroid dienone is 2. The predicted molar refractivity (Wildman–Crippen MR) is 115 cm³/mol. The fraction of sp³-hybridized carbons (Fsp3) is 0.0909. The summed E-state index contributed by atoms with van der Waals surface area (Å²) in [5.74, 6) is 0. The summed E-state index contributed by atoms with van der Waals surface area (Å²) in [6.45, 7) is 0. The molecule has 0 aliphatic carbocycles. The zero-order chi connectivity index (χ0) is 17.5. The number of nitrogens with zero attached hydrogens (tertiary/aromatic N) is 1. The highest BCUT2D eigenvalue weighted by molar-refractivity contribution is 8.03. The van der Waals surface area contributed by atoms with Crippen LogP contribution in [0.4, 0.5) is 11.4 Å². The minimum Gasteiger partial charge on any atom is -0.368 e. The fourth-order valence-electron chi connectivity index (χ4n) is 3.40.